The Hall–Kier alpha value is -1.72. The molecule has 0 fully saturated rings. The number of rotatable bonds is 3. The van der Waals surface area contributed by atoms with E-state index >= 15 is 0 Å². The van der Waals surface area contributed by atoms with Crippen LogP contribution >= 0.6 is 11.3 Å². The van der Waals surface area contributed by atoms with Crippen molar-refractivity contribution in [3.05, 3.63) is 65.3 Å². The Labute approximate surface area is 120 Å². The molecule has 0 unspecified atom stereocenters. The zero-order chi connectivity index (χ0) is 14.2. The highest BCUT2D eigenvalue weighted by atomic mass is 32.2. The van der Waals surface area contributed by atoms with Crippen molar-refractivity contribution in [3.8, 4) is 0 Å². The third-order valence-electron chi connectivity index (χ3n) is 3.00. The molecule has 0 atom stereocenters. The maximum Gasteiger partial charge on any atom is 0.183 e. The number of benzene rings is 2. The third kappa shape index (κ3) is 2.46. The third-order valence-corrected chi connectivity index (χ3v) is 5.55. The molecule has 2 nitrogen and oxygen atoms in total. The predicted octanol–water partition coefficient (Wildman–Crippen LogP) is 3.81. The molecule has 3 aromatic rings. The molecule has 2 aromatic carbocycles. The summed E-state index contributed by atoms with van der Waals surface area (Å²) in [5.74, 6) is -0.511. The van der Waals surface area contributed by atoms with Gasteiger partial charge in [-0.2, -0.15) is 0 Å². The highest BCUT2D eigenvalue weighted by Crippen LogP contribution is 2.28. The average molecular weight is 305 g/mol. The molecule has 0 N–H and O–H groups in total. The molecule has 0 spiro atoms. The van der Waals surface area contributed by atoms with Crippen molar-refractivity contribution in [2.45, 2.75) is 10.6 Å². The quantitative estimate of drug-likeness (QED) is 0.737. The highest BCUT2D eigenvalue weighted by molar-refractivity contribution is 7.90. The summed E-state index contributed by atoms with van der Waals surface area (Å²) in [4.78, 5) is 0.303. The fourth-order valence-electron chi connectivity index (χ4n) is 2.06. The Balaban J connectivity index is 2.03. The molecule has 1 heterocycles. The molecule has 0 aliphatic rings. The first-order valence-electron chi connectivity index (χ1n) is 5.92. The van der Waals surface area contributed by atoms with E-state index in [9.17, 15) is 12.8 Å². The van der Waals surface area contributed by atoms with E-state index in [0.29, 0.717) is 15.8 Å². The molecule has 20 heavy (non-hydrogen) atoms. The Morgan fingerprint density at radius 2 is 1.85 bits per heavy atom. The van der Waals surface area contributed by atoms with Gasteiger partial charge in [-0.05, 0) is 35.9 Å². The van der Waals surface area contributed by atoms with E-state index in [4.69, 9.17) is 0 Å². The lowest BCUT2D eigenvalue weighted by molar-refractivity contribution is 0.595. The van der Waals surface area contributed by atoms with Crippen LogP contribution in [0.25, 0.3) is 10.1 Å². The van der Waals surface area contributed by atoms with Gasteiger partial charge in [-0.1, -0.05) is 18.2 Å². The number of sulfone groups is 1. The van der Waals surface area contributed by atoms with Gasteiger partial charge in [0.05, 0.1) is 10.6 Å². The second kappa shape index (κ2) is 5.00. The average Bonchev–Trinajstić information content (AvgIpc) is 2.89. The molecule has 1 radical (unpaired) electrons. The van der Waals surface area contributed by atoms with Crippen LogP contribution in [0.15, 0.2) is 53.4 Å². The van der Waals surface area contributed by atoms with Crippen molar-refractivity contribution < 1.29 is 12.8 Å². The molecular weight excluding hydrogens is 295 g/mol. The number of halogens is 1. The maximum atomic E-state index is 12.9. The Morgan fingerprint density at radius 1 is 1.10 bits per heavy atom. The predicted molar refractivity (Wildman–Crippen MR) is 78.0 cm³/mol. The van der Waals surface area contributed by atoms with Crippen LogP contribution in [0.4, 0.5) is 4.39 Å². The molecule has 1 aromatic heterocycles. The molecule has 0 saturated heterocycles. The summed E-state index contributed by atoms with van der Waals surface area (Å²) in [6.45, 7) is 0. The first-order valence-corrected chi connectivity index (χ1v) is 8.39. The molecule has 3 rings (SSSR count). The zero-order valence-corrected chi connectivity index (χ0v) is 12.0. The van der Waals surface area contributed by atoms with Crippen LogP contribution < -0.4 is 0 Å². The summed E-state index contributed by atoms with van der Waals surface area (Å²) >= 11 is 1.39. The second-order valence-corrected chi connectivity index (χ2v) is 7.26. The Morgan fingerprint density at radius 3 is 2.60 bits per heavy atom. The largest absolute Gasteiger partial charge is 0.223 e. The summed E-state index contributed by atoms with van der Waals surface area (Å²) in [7, 11) is -3.46. The van der Waals surface area contributed by atoms with Crippen molar-refractivity contribution >= 4 is 31.3 Å². The summed E-state index contributed by atoms with van der Waals surface area (Å²) in [6, 6.07) is 12.4. The molecule has 0 bridgehead atoms. The minimum Gasteiger partial charge on any atom is -0.223 e. The van der Waals surface area contributed by atoms with Gasteiger partial charge in [-0.25, -0.2) is 12.8 Å². The van der Waals surface area contributed by atoms with Gasteiger partial charge >= 0.3 is 0 Å². The molecule has 101 valence electrons. The molecular formula is C15H10FO2S2. The first kappa shape index (κ1) is 13.3. The number of hydrogen-bond acceptors (Lipinski definition) is 3. The van der Waals surface area contributed by atoms with Gasteiger partial charge in [0.25, 0.3) is 0 Å². The molecule has 0 amide bonds. The minimum atomic E-state index is -3.46. The van der Waals surface area contributed by atoms with Gasteiger partial charge in [-0.3, -0.25) is 0 Å². The van der Waals surface area contributed by atoms with Crippen LogP contribution in [-0.2, 0) is 15.6 Å². The van der Waals surface area contributed by atoms with Gasteiger partial charge in [0.15, 0.2) is 9.84 Å². The smallest absolute Gasteiger partial charge is 0.183 e. The topological polar surface area (TPSA) is 34.1 Å². The Kier molecular flexibility index (Phi) is 3.31. The summed E-state index contributed by atoms with van der Waals surface area (Å²) < 4.78 is 38.7. The van der Waals surface area contributed by atoms with E-state index in [1.165, 1.54) is 35.6 Å². The van der Waals surface area contributed by atoms with Gasteiger partial charge in [0.1, 0.15) is 5.82 Å². The monoisotopic (exact) mass is 305 g/mol. The van der Waals surface area contributed by atoms with Crippen molar-refractivity contribution in [1.29, 1.82) is 0 Å². The molecule has 0 aliphatic heterocycles. The number of fused-ring (bicyclic) bond motifs is 1. The SMILES string of the molecule is O=S(=O)(Cc1ccc(F)cc1)c1cccc2s[c]cc12. The number of thiophene rings is 1. The zero-order valence-electron chi connectivity index (χ0n) is 10.3. The van der Waals surface area contributed by atoms with Crippen molar-refractivity contribution in [1.82, 2.24) is 0 Å². The maximum absolute atomic E-state index is 12.9. The van der Waals surface area contributed by atoms with Crippen LogP contribution in [0.1, 0.15) is 5.56 Å². The highest BCUT2D eigenvalue weighted by Gasteiger charge is 2.18. The summed E-state index contributed by atoms with van der Waals surface area (Å²) in [5.41, 5.74) is 0.572. The van der Waals surface area contributed by atoms with Crippen molar-refractivity contribution in [2.75, 3.05) is 0 Å². The van der Waals surface area contributed by atoms with E-state index in [-0.39, 0.29) is 11.6 Å². The molecule has 5 heteroatoms. The molecule has 0 aliphatic carbocycles. The lowest BCUT2D eigenvalue weighted by atomic mass is 10.2. The van der Waals surface area contributed by atoms with E-state index < -0.39 is 9.84 Å². The Bertz CT molecular complexity index is 849. The summed E-state index contributed by atoms with van der Waals surface area (Å²) in [6.07, 6.45) is 0. The van der Waals surface area contributed by atoms with Crippen LogP contribution in [0, 0.1) is 11.2 Å². The van der Waals surface area contributed by atoms with Crippen LogP contribution in [0.3, 0.4) is 0 Å². The van der Waals surface area contributed by atoms with Crippen LogP contribution in [0.2, 0.25) is 0 Å². The van der Waals surface area contributed by atoms with Crippen LogP contribution in [0.5, 0.6) is 0 Å². The summed E-state index contributed by atoms with van der Waals surface area (Å²) in [5, 5.41) is 3.64. The van der Waals surface area contributed by atoms with Gasteiger partial charge in [-0.15, -0.1) is 11.3 Å². The lowest BCUT2D eigenvalue weighted by Gasteiger charge is -2.06. The normalized spacial score (nSPS) is 11.8. The van der Waals surface area contributed by atoms with Crippen LogP contribution in [-0.4, -0.2) is 8.42 Å². The fraction of sp³-hybridized carbons (Fsp3) is 0.0667. The van der Waals surface area contributed by atoms with Gasteiger partial charge in [0, 0.05) is 15.5 Å². The van der Waals surface area contributed by atoms with E-state index in [2.05, 4.69) is 5.38 Å². The van der Waals surface area contributed by atoms with Crippen molar-refractivity contribution in [2.24, 2.45) is 0 Å². The number of hydrogen-bond donors (Lipinski definition) is 0. The van der Waals surface area contributed by atoms with Gasteiger partial charge in [0.2, 0.25) is 0 Å². The first-order chi connectivity index (χ1) is 9.56. The van der Waals surface area contributed by atoms with Crippen molar-refractivity contribution in [3.63, 3.8) is 0 Å². The van der Waals surface area contributed by atoms with E-state index in [1.807, 2.05) is 6.07 Å². The standard InChI is InChI=1S/C15H10FO2S2/c16-12-6-4-11(5-7-12)10-20(17,18)15-3-1-2-14-13(15)8-9-19-14/h1-8H,10H2. The fourth-order valence-corrected chi connectivity index (χ4v) is 4.43. The van der Waals surface area contributed by atoms with E-state index in [0.717, 1.165) is 4.70 Å². The van der Waals surface area contributed by atoms with Gasteiger partial charge < -0.3 is 0 Å². The lowest BCUT2D eigenvalue weighted by Crippen LogP contribution is -2.05. The van der Waals surface area contributed by atoms with E-state index in [1.54, 1.807) is 18.2 Å². The minimum absolute atomic E-state index is 0.137. The molecule has 0 saturated carbocycles. The second-order valence-electron chi connectivity index (χ2n) is 4.42.